The van der Waals surface area contributed by atoms with Crippen molar-refractivity contribution >= 4 is 0 Å². The van der Waals surface area contributed by atoms with Crippen LogP contribution in [0.2, 0.25) is 0 Å². The van der Waals surface area contributed by atoms with E-state index in [9.17, 15) is 0 Å². The second kappa shape index (κ2) is 3.96. The Kier molecular flexibility index (Phi) is 2.49. The van der Waals surface area contributed by atoms with E-state index in [4.69, 9.17) is 4.74 Å². The molecule has 2 aromatic rings. The molecule has 0 fully saturated rings. The summed E-state index contributed by atoms with van der Waals surface area (Å²) in [6, 6.07) is 10.0. The molecule has 0 saturated carbocycles. The lowest BCUT2D eigenvalue weighted by molar-refractivity contribution is 0.414. The van der Waals surface area contributed by atoms with E-state index in [0.29, 0.717) is 0 Å². The van der Waals surface area contributed by atoms with Crippen LogP contribution in [0.4, 0.5) is 0 Å². The molecule has 0 amide bonds. The smallest absolute Gasteiger partial charge is 0.118 e. The molecule has 3 heteroatoms. The van der Waals surface area contributed by atoms with Crippen molar-refractivity contribution in [3.8, 4) is 5.75 Å². The van der Waals surface area contributed by atoms with E-state index in [1.807, 2.05) is 18.2 Å². The van der Waals surface area contributed by atoms with Crippen LogP contribution in [-0.4, -0.2) is 17.3 Å². The van der Waals surface area contributed by atoms with Gasteiger partial charge in [0.05, 0.1) is 7.11 Å². The third-order valence-corrected chi connectivity index (χ3v) is 2.11. The number of benzene rings is 1. The van der Waals surface area contributed by atoms with Gasteiger partial charge >= 0.3 is 0 Å². The summed E-state index contributed by atoms with van der Waals surface area (Å²) in [4.78, 5) is 0. The van der Waals surface area contributed by atoms with Crippen LogP contribution < -0.4 is 4.74 Å². The summed E-state index contributed by atoms with van der Waals surface area (Å²) < 4.78 is 5.08. The standard InChI is InChI=1S/C11H12N2O/c1-14-11-4-2-9(3-5-11)8-10-6-7-12-13-10/h2-7H,8H2,1H3,(H,12,13). The van der Waals surface area contributed by atoms with Crippen molar-refractivity contribution < 1.29 is 4.74 Å². The fourth-order valence-electron chi connectivity index (χ4n) is 1.35. The monoisotopic (exact) mass is 188 g/mol. The van der Waals surface area contributed by atoms with Gasteiger partial charge in [-0.1, -0.05) is 12.1 Å². The molecule has 0 unspecified atom stereocenters. The summed E-state index contributed by atoms with van der Waals surface area (Å²) in [5, 5.41) is 6.84. The molecule has 0 spiro atoms. The molecule has 0 saturated heterocycles. The Bertz CT molecular complexity index is 378. The number of nitrogens with zero attached hydrogens (tertiary/aromatic N) is 1. The Balaban J connectivity index is 2.10. The minimum absolute atomic E-state index is 0.879. The van der Waals surface area contributed by atoms with Crippen LogP contribution in [0.3, 0.4) is 0 Å². The second-order valence-electron chi connectivity index (χ2n) is 3.11. The van der Waals surface area contributed by atoms with Crippen LogP contribution in [0.15, 0.2) is 36.5 Å². The summed E-state index contributed by atoms with van der Waals surface area (Å²) in [7, 11) is 1.67. The van der Waals surface area contributed by atoms with Crippen molar-refractivity contribution in [3.05, 3.63) is 47.8 Å². The highest BCUT2D eigenvalue weighted by atomic mass is 16.5. The lowest BCUT2D eigenvalue weighted by atomic mass is 10.1. The number of methoxy groups -OCH3 is 1. The van der Waals surface area contributed by atoms with E-state index in [1.54, 1.807) is 13.3 Å². The molecular formula is C11H12N2O. The third kappa shape index (κ3) is 1.93. The number of aromatic amines is 1. The normalized spacial score (nSPS) is 10.1. The van der Waals surface area contributed by atoms with Crippen molar-refractivity contribution in [2.24, 2.45) is 0 Å². The van der Waals surface area contributed by atoms with E-state index < -0.39 is 0 Å². The fourth-order valence-corrected chi connectivity index (χ4v) is 1.35. The number of hydrogen-bond donors (Lipinski definition) is 1. The Morgan fingerprint density at radius 2 is 2.00 bits per heavy atom. The number of aromatic nitrogens is 2. The van der Waals surface area contributed by atoms with Crippen LogP contribution in [0.1, 0.15) is 11.3 Å². The first-order chi connectivity index (χ1) is 6.88. The highest BCUT2D eigenvalue weighted by Crippen LogP contribution is 2.13. The largest absolute Gasteiger partial charge is 0.497 e. The predicted octanol–water partition coefficient (Wildman–Crippen LogP) is 2.01. The molecule has 1 aromatic carbocycles. The van der Waals surface area contributed by atoms with Crippen molar-refractivity contribution in [2.45, 2.75) is 6.42 Å². The maximum absolute atomic E-state index is 5.08. The van der Waals surface area contributed by atoms with Gasteiger partial charge in [-0.05, 0) is 23.8 Å². The summed E-state index contributed by atoms with van der Waals surface area (Å²) in [5.74, 6) is 0.887. The van der Waals surface area contributed by atoms with Gasteiger partial charge in [-0.2, -0.15) is 5.10 Å². The number of H-pyrrole nitrogens is 1. The molecule has 14 heavy (non-hydrogen) atoms. The average Bonchev–Trinajstić information content (AvgIpc) is 2.72. The third-order valence-electron chi connectivity index (χ3n) is 2.11. The van der Waals surface area contributed by atoms with Crippen LogP contribution in [0, 0.1) is 0 Å². The summed E-state index contributed by atoms with van der Waals surface area (Å²) in [5.41, 5.74) is 2.37. The Hall–Kier alpha value is -1.77. The van der Waals surface area contributed by atoms with Crippen molar-refractivity contribution in [2.75, 3.05) is 7.11 Å². The lowest BCUT2D eigenvalue weighted by Crippen LogP contribution is -1.89. The van der Waals surface area contributed by atoms with Crippen LogP contribution >= 0.6 is 0 Å². The van der Waals surface area contributed by atoms with Gasteiger partial charge in [-0.25, -0.2) is 0 Å². The van der Waals surface area contributed by atoms with E-state index in [1.165, 1.54) is 5.56 Å². The maximum atomic E-state index is 5.08. The van der Waals surface area contributed by atoms with Crippen LogP contribution in [-0.2, 0) is 6.42 Å². The molecular weight excluding hydrogens is 176 g/mol. The Morgan fingerprint density at radius 1 is 1.21 bits per heavy atom. The zero-order chi connectivity index (χ0) is 9.80. The molecule has 2 rings (SSSR count). The molecule has 0 atom stereocenters. The van der Waals surface area contributed by atoms with Gasteiger partial charge in [-0.3, -0.25) is 5.10 Å². The zero-order valence-corrected chi connectivity index (χ0v) is 8.03. The minimum Gasteiger partial charge on any atom is -0.497 e. The first-order valence-electron chi connectivity index (χ1n) is 4.49. The van der Waals surface area contributed by atoms with Crippen molar-refractivity contribution in [1.29, 1.82) is 0 Å². The molecule has 0 aliphatic rings. The molecule has 3 nitrogen and oxygen atoms in total. The van der Waals surface area contributed by atoms with Gasteiger partial charge in [0.1, 0.15) is 5.75 Å². The number of hydrogen-bond acceptors (Lipinski definition) is 2. The van der Waals surface area contributed by atoms with Gasteiger partial charge < -0.3 is 4.74 Å². The Labute approximate surface area is 82.7 Å². The van der Waals surface area contributed by atoms with Crippen LogP contribution in [0.5, 0.6) is 5.75 Å². The molecule has 1 aromatic heterocycles. The van der Waals surface area contributed by atoms with Gasteiger partial charge in [0.2, 0.25) is 0 Å². The summed E-state index contributed by atoms with van der Waals surface area (Å²) >= 11 is 0. The molecule has 72 valence electrons. The minimum atomic E-state index is 0.879. The molecule has 0 aliphatic heterocycles. The fraction of sp³-hybridized carbons (Fsp3) is 0.182. The van der Waals surface area contributed by atoms with E-state index in [2.05, 4.69) is 22.3 Å². The van der Waals surface area contributed by atoms with E-state index >= 15 is 0 Å². The van der Waals surface area contributed by atoms with Crippen LogP contribution in [0.25, 0.3) is 0 Å². The van der Waals surface area contributed by atoms with Gasteiger partial charge in [-0.15, -0.1) is 0 Å². The summed E-state index contributed by atoms with van der Waals surface area (Å²) in [6.45, 7) is 0. The summed E-state index contributed by atoms with van der Waals surface area (Å²) in [6.07, 6.45) is 2.64. The average molecular weight is 188 g/mol. The first kappa shape index (κ1) is 8.81. The van der Waals surface area contributed by atoms with Gasteiger partial charge in [0.15, 0.2) is 0 Å². The van der Waals surface area contributed by atoms with Gasteiger partial charge in [0.25, 0.3) is 0 Å². The highest BCUT2D eigenvalue weighted by Gasteiger charge is 1.97. The Morgan fingerprint density at radius 3 is 2.57 bits per heavy atom. The maximum Gasteiger partial charge on any atom is 0.118 e. The van der Waals surface area contributed by atoms with E-state index in [0.717, 1.165) is 17.9 Å². The molecule has 1 N–H and O–H groups in total. The van der Waals surface area contributed by atoms with Gasteiger partial charge in [0, 0.05) is 18.3 Å². The van der Waals surface area contributed by atoms with Crippen molar-refractivity contribution in [3.63, 3.8) is 0 Å². The highest BCUT2D eigenvalue weighted by molar-refractivity contribution is 5.29. The quantitative estimate of drug-likeness (QED) is 0.800. The number of rotatable bonds is 3. The zero-order valence-electron chi connectivity index (χ0n) is 8.03. The molecule has 0 radical (unpaired) electrons. The molecule has 1 heterocycles. The SMILES string of the molecule is COc1ccc(Cc2ccn[nH]2)cc1. The van der Waals surface area contributed by atoms with Crippen molar-refractivity contribution in [1.82, 2.24) is 10.2 Å². The lowest BCUT2D eigenvalue weighted by Gasteiger charge is -2.01. The molecule has 0 bridgehead atoms. The van der Waals surface area contributed by atoms with E-state index in [-0.39, 0.29) is 0 Å². The first-order valence-corrected chi connectivity index (χ1v) is 4.49. The number of ether oxygens (including phenoxy) is 1. The number of nitrogens with one attached hydrogen (secondary N) is 1. The second-order valence-corrected chi connectivity index (χ2v) is 3.11. The topological polar surface area (TPSA) is 37.9 Å². The molecule has 0 aliphatic carbocycles. The predicted molar refractivity (Wildman–Crippen MR) is 54.4 cm³/mol.